The second-order valence-corrected chi connectivity index (χ2v) is 5.84. The molecule has 2 nitrogen and oxygen atoms in total. The van der Waals surface area contributed by atoms with Crippen LogP contribution in [0.3, 0.4) is 0 Å². The first-order valence-electron chi connectivity index (χ1n) is 6.46. The number of rotatable bonds is 7. The molecule has 0 N–H and O–H groups in total. The average Bonchev–Trinajstić information content (AvgIpc) is 2.21. The molecular formula is C14H28O2. The van der Waals surface area contributed by atoms with E-state index in [1.54, 1.807) is 0 Å². The molecule has 0 aliphatic carbocycles. The molecule has 0 unspecified atom stereocenters. The Morgan fingerprint density at radius 1 is 1.25 bits per heavy atom. The molecule has 0 rings (SSSR count). The fourth-order valence-electron chi connectivity index (χ4n) is 1.83. The molecule has 0 aromatic carbocycles. The van der Waals surface area contributed by atoms with Crippen molar-refractivity contribution in [3.63, 3.8) is 0 Å². The van der Waals surface area contributed by atoms with Gasteiger partial charge in [-0.2, -0.15) is 0 Å². The van der Waals surface area contributed by atoms with Crippen LogP contribution in [0.5, 0.6) is 0 Å². The van der Waals surface area contributed by atoms with E-state index < -0.39 is 0 Å². The van der Waals surface area contributed by atoms with Crippen LogP contribution >= 0.6 is 0 Å². The highest BCUT2D eigenvalue weighted by molar-refractivity contribution is 5.68. The number of carbonyl (C=O) groups is 1. The van der Waals surface area contributed by atoms with Crippen molar-refractivity contribution >= 4 is 5.97 Å². The van der Waals surface area contributed by atoms with Gasteiger partial charge in [-0.1, -0.05) is 34.1 Å². The van der Waals surface area contributed by atoms with Crippen molar-refractivity contribution in [3.05, 3.63) is 0 Å². The zero-order chi connectivity index (χ0) is 12.6. The summed E-state index contributed by atoms with van der Waals surface area (Å²) in [4.78, 5) is 11.0. The first kappa shape index (κ1) is 15.5. The number of carbonyl (C=O) groups excluding carboxylic acids is 1. The lowest BCUT2D eigenvalue weighted by Gasteiger charge is -2.22. The molecule has 96 valence electrons. The number of ether oxygens (including phenoxy) is 1. The number of hydrogen-bond acceptors (Lipinski definition) is 2. The minimum absolute atomic E-state index is 0.0781. The fraction of sp³-hybridized carbons (Fsp3) is 0.929. The van der Waals surface area contributed by atoms with Crippen LogP contribution in [0, 0.1) is 11.3 Å². The zero-order valence-electron chi connectivity index (χ0n) is 11.6. The minimum Gasteiger partial charge on any atom is -0.469 e. The summed E-state index contributed by atoms with van der Waals surface area (Å²) in [5.41, 5.74) is 0.426. The maximum Gasteiger partial charge on any atom is 0.305 e. The molecule has 16 heavy (non-hydrogen) atoms. The van der Waals surface area contributed by atoms with Gasteiger partial charge in [0.25, 0.3) is 0 Å². The molecule has 0 saturated heterocycles. The Labute approximate surface area is 101 Å². The largest absolute Gasteiger partial charge is 0.469 e. The highest BCUT2D eigenvalue weighted by Crippen LogP contribution is 2.27. The smallest absolute Gasteiger partial charge is 0.305 e. The summed E-state index contributed by atoms with van der Waals surface area (Å²) in [6, 6.07) is 0. The van der Waals surface area contributed by atoms with Crippen LogP contribution in [-0.4, -0.2) is 13.1 Å². The molecule has 0 heterocycles. The Kier molecular flexibility index (Phi) is 7.44. The number of hydrogen-bond donors (Lipinski definition) is 0. The molecule has 0 radical (unpaired) electrons. The third-order valence-corrected chi connectivity index (χ3v) is 3.10. The monoisotopic (exact) mass is 228 g/mol. The van der Waals surface area contributed by atoms with E-state index in [0.29, 0.717) is 11.8 Å². The maximum atomic E-state index is 11.0. The first-order chi connectivity index (χ1) is 7.39. The lowest BCUT2D eigenvalue weighted by Crippen LogP contribution is -2.09. The fourth-order valence-corrected chi connectivity index (χ4v) is 1.83. The van der Waals surface area contributed by atoms with E-state index >= 15 is 0 Å². The minimum atomic E-state index is -0.0781. The summed E-state index contributed by atoms with van der Waals surface area (Å²) in [5, 5.41) is 0. The van der Waals surface area contributed by atoms with Gasteiger partial charge >= 0.3 is 5.97 Å². The maximum absolute atomic E-state index is 11.0. The van der Waals surface area contributed by atoms with Crippen molar-refractivity contribution in [1.82, 2.24) is 0 Å². The summed E-state index contributed by atoms with van der Waals surface area (Å²) in [5.74, 6) is 0.689. The van der Waals surface area contributed by atoms with Crippen molar-refractivity contribution in [2.45, 2.75) is 66.2 Å². The van der Waals surface area contributed by atoms with E-state index in [9.17, 15) is 4.79 Å². The highest BCUT2D eigenvalue weighted by atomic mass is 16.5. The van der Waals surface area contributed by atoms with Crippen LogP contribution in [0.25, 0.3) is 0 Å². The summed E-state index contributed by atoms with van der Waals surface area (Å²) < 4.78 is 4.64. The molecule has 0 spiro atoms. The summed E-state index contributed by atoms with van der Waals surface area (Å²) in [6.45, 7) is 9.10. The predicted molar refractivity (Wildman–Crippen MR) is 68.3 cm³/mol. The van der Waals surface area contributed by atoms with Gasteiger partial charge in [0.05, 0.1) is 7.11 Å². The highest BCUT2D eigenvalue weighted by Gasteiger charge is 2.14. The first-order valence-corrected chi connectivity index (χ1v) is 6.46. The molecule has 0 aromatic rings. The topological polar surface area (TPSA) is 26.3 Å². The van der Waals surface area contributed by atoms with Crippen molar-refractivity contribution in [1.29, 1.82) is 0 Å². The molecule has 0 aromatic heterocycles. The molecule has 0 fully saturated rings. The van der Waals surface area contributed by atoms with E-state index in [0.717, 1.165) is 18.8 Å². The summed E-state index contributed by atoms with van der Waals surface area (Å²) in [6.07, 6.45) is 6.46. The van der Waals surface area contributed by atoms with Crippen LogP contribution in [0.1, 0.15) is 66.2 Å². The predicted octanol–water partition coefficient (Wildman–Crippen LogP) is 4.18. The summed E-state index contributed by atoms with van der Waals surface area (Å²) in [7, 11) is 1.46. The van der Waals surface area contributed by atoms with Gasteiger partial charge in [0, 0.05) is 6.42 Å². The Bertz CT molecular complexity index is 191. The second-order valence-electron chi connectivity index (χ2n) is 5.84. The van der Waals surface area contributed by atoms with Crippen molar-refractivity contribution in [2.24, 2.45) is 11.3 Å². The van der Waals surface area contributed by atoms with E-state index in [1.165, 1.54) is 26.4 Å². The average molecular weight is 228 g/mol. The summed E-state index contributed by atoms with van der Waals surface area (Å²) >= 11 is 0. The van der Waals surface area contributed by atoms with Gasteiger partial charge in [0.1, 0.15) is 0 Å². The van der Waals surface area contributed by atoms with Crippen molar-refractivity contribution in [2.75, 3.05) is 7.11 Å². The Balaban J connectivity index is 3.71. The molecule has 0 amide bonds. The lowest BCUT2D eigenvalue weighted by atomic mass is 9.84. The van der Waals surface area contributed by atoms with Gasteiger partial charge in [-0.25, -0.2) is 0 Å². The van der Waals surface area contributed by atoms with E-state index in [-0.39, 0.29) is 5.97 Å². The molecule has 0 saturated carbocycles. The van der Waals surface area contributed by atoms with Crippen LogP contribution in [0.2, 0.25) is 0 Å². The van der Waals surface area contributed by atoms with Crippen LogP contribution in [0.15, 0.2) is 0 Å². The van der Waals surface area contributed by atoms with Gasteiger partial charge in [-0.3, -0.25) is 4.79 Å². The van der Waals surface area contributed by atoms with E-state index in [2.05, 4.69) is 32.4 Å². The number of esters is 1. The Morgan fingerprint density at radius 3 is 2.31 bits per heavy atom. The van der Waals surface area contributed by atoms with Crippen molar-refractivity contribution < 1.29 is 9.53 Å². The van der Waals surface area contributed by atoms with E-state index in [4.69, 9.17) is 0 Å². The third-order valence-electron chi connectivity index (χ3n) is 3.10. The van der Waals surface area contributed by atoms with Gasteiger partial charge < -0.3 is 4.74 Å². The van der Waals surface area contributed by atoms with Crippen LogP contribution in [0.4, 0.5) is 0 Å². The number of methoxy groups -OCH3 is 1. The molecule has 0 aliphatic rings. The molecule has 1 atom stereocenters. The quantitative estimate of drug-likeness (QED) is 0.611. The molecule has 0 bridgehead atoms. The van der Waals surface area contributed by atoms with E-state index in [1.807, 2.05) is 0 Å². The van der Waals surface area contributed by atoms with Gasteiger partial charge in [-0.15, -0.1) is 0 Å². The molecular weight excluding hydrogens is 200 g/mol. The Hall–Kier alpha value is -0.530. The zero-order valence-corrected chi connectivity index (χ0v) is 11.6. The lowest BCUT2D eigenvalue weighted by molar-refractivity contribution is -0.140. The van der Waals surface area contributed by atoms with Crippen molar-refractivity contribution in [3.8, 4) is 0 Å². The van der Waals surface area contributed by atoms with Gasteiger partial charge in [0.15, 0.2) is 0 Å². The van der Waals surface area contributed by atoms with Gasteiger partial charge in [-0.05, 0) is 37.0 Å². The SMILES string of the molecule is CC[C@@H](CCCC(=O)OC)CCC(C)(C)C. The van der Waals surface area contributed by atoms with Crippen LogP contribution < -0.4 is 0 Å². The molecule has 2 heteroatoms. The second kappa shape index (κ2) is 7.70. The Morgan fingerprint density at radius 2 is 1.88 bits per heavy atom. The molecule has 0 aliphatic heterocycles. The third kappa shape index (κ3) is 8.75. The standard InChI is InChI=1S/C14H28O2/c1-6-12(10-11-14(2,3)4)8-7-9-13(15)16-5/h12H,6-11H2,1-5H3/t12-/m0/s1. The normalized spacial score (nSPS) is 13.6. The van der Waals surface area contributed by atoms with Gasteiger partial charge in [0.2, 0.25) is 0 Å². The van der Waals surface area contributed by atoms with Crippen LogP contribution in [-0.2, 0) is 9.53 Å².